The van der Waals surface area contributed by atoms with Gasteiger partial charge in [0.1, 0.15) is 0 Å². The maximum absolute atomic E-state index is 10.5. The molecule has 0 saturated carbocycles. The van der Waals surface area contributed by atoms with Crippen molar-refractivity contribution in [2.75, 3.05) is 19.8 Å². The van der Waals surface area contributed by atoms with E-state index in [-0.39, 0.29) is 5.69 Å². The van der Waals surface area contributed by atoms with Crippen molar-refractivity contribution in [3.63, 3.8) is 0 Å². The summed E-state index contributed by atoms with van der Waals surface area (Å²) in [5.74, 6) is 0. The van der Waals surface area contributed by atoms with E-state index in [1.165, 1.54) is 18.3 Å². The van der Waals surface area contributed by atoms with Crippen LogP contribution in [-0.4, -0.2) is 36.0 Å². The maximum atomic E-state index is 10.5. The molecule has 0 unspecified atom stereocenters. The van der Waals surface area contributed by atoms with Gasteiger partial charge in [0.15, 0.2) is 5.11 Å². The highest BCUT2D eigenvalue weighted by Crippen LogP contribution is 2.10. The van der Waals surface area contributed by atoms with E-state index in [9.17, 15) is 10.1 Å². The molecule has 1 aromatic carbocycles. The molecule has 2 N–H and O–H groups in total. The first-order valence-corrected chi connectivity index (χ1v) is 6.93. The summed E-state index contributed by atoms with van der Waals surface area (Å²) < 4.78 is 5.20. The third kappa shape index (κ3) is 7.33. The van der Waals surface area contributed by atoms with Gasteiger partial charge in [-0.1, -0.05) is 0 Å². The predicted molar refractivity (Wildman–Crippen MR) is 85.5 cm³/mol. The number of thiocarbonyl (C=S) groups is 1. The first-order chi connectivity index (χ1) is 10.1. The Morgan fingerprint density at radius 2 is 2.19 bits per heavy atom. The average molecular weight is 310 g/mol. The molecule has 114 valence electrons. The van der Waals surface area contributed by atoms with E-state index < -0.39 is 4.92 Å². The zero-order valence-corrected chi connectivity index (χ0v) is 12.6. The molecule has 1 aromatic rings. The van der Waals surface area contributed by atoms with E-state index in [0.29, 0.717) is 24.9 Å². The lowest BCUT2D eigenvalue weighted by atomic mass is 10.2. The third-order valence-electron chi connectivity index (χ3n) is 2.44. The van der Waals surface area contributed by atoms with E-state index >= 15 is 0 Å². The third-order valence-corrected chi connectivity index (χ3v) is 2.67. The number of benzene rings is 1. The molecule has 0 spiro atoms. The quantitative estimate of drug-likeness (QED) is 0.250. The molecule has 0 saturated heterocycles. The topological polar surface area (TPSA) is 88.8 Å². The van der Waals surface area contributed by atoms with Gasteiger partial charge in [-0.25, -0.2) is 0 Å². The van der Waals surface area contributed by atoms with Crippen LogP contribution in [0.1, 0.15) is 18.9 Å². The summed E-state index contributed by atoms with van der Waals surface area (Å²) in [6, 6.07) is 6.07. The fourth-order valence-corrected chi connectivity index (χ4v) is 1.56. The second-order valence-electron chi connectivity index (χ2n) is 4.03. The first-order valence-electron chi connectivity index (χ1n) is 6.52. The fourth-order valence-electron chi connectivity index (χ4n) is 1.41. The average Bonchev–Trinajstić information content (AvgIpc) is 2.47. The Hall–Kier alpha value is -2.06. The number of nitro benzene ring substituents is 1. The molecular formula is C13H18N4O3S. The van der Waals surface area contributed by atoms with Crippen LogP contribution in [0.15, 0.2) is 29.4 Å². The molecule has 8 heteroatoms. The highest BCUT2D eigenvalue weighted by molar-refractivity contribution is 7.80. The van der Waals surface area contributed by atoms with E-state index in [4.69, 9.17) is 17.0 Å². The maximum Gasteiger partial charge on any atom is 0.269 e. The zero-order chi connectivity index (χ0) is 15.5. The van der Waals surface area contributed by atoms with Crippen molar-refractivity contribution in [3.05, 3.63) is 39.9 Å². The predicted octanol–water partition coefficient (Wildman–Crippen LogP) is 1.82. The van der Waals surface area contributed by atoms with E-state index in [0.717, 1.165) is 12.0 Å². The van der Waals surface area contributed by atoms with Gasteiger partial charge in [-0.05, 0) is 43.3 Å². The molecule has 0 aliphatic rings. The molecule has 7 nitrogen and oxygen atoms in total. The highest BCUT2D eigenvalue weighted by Gasteiger charge is 2.02. The van der Waals surface area contributed by atoms with Crippen LogP contribution in [0.25, 0.3) is 0 Å². The number of ether oxygens (including phenoxy) is 1. The Morgan fingerprint density at radius 3 is 2.81 bits per heavy atom. The second-order valence-corrected chi connectivity index (χ2v) is 4.43. The van der Waals surface area contributed by atoms with Crippen LogP contribution in [0, 0.1) is 10.1 Å². The molecule has 0 fully saturated rings. The molecule has 21 heavy (non-hydrogen) atoms. The van der Waals surface area contributed by atoms with Crippen molar-refractivity contribution in [2.45, 2.75) is 13.3 Å². The monoisotopic (exact) mass is 310 g/mol. The summed E-state index contributed by atoms with van der Waals surface area (Å²) in [6.45, 7) is 4.06. The van der Waals surface area contributed by atoms with Gasteiger partial charge in [0.05, 0.1) is 11.1 Å². The second kappa shape index (κ2) is 9.78. The van der Waals surface area contributed by atoms with Gasteiger partial charge in [0.2, 0.25) is 0 Å². The highest BCUT2D eigenvalue weighted by atomic mass is 32.1. The Morgan fingerprint density at radius 1 is 1.48 bits per heavy atom. The number of nitrogens with one attached hydrogen (secondary N) is 2. The SMILES string of the molecule is CCOCCCNC(=S)N/N=C\c1ccc([N+](=O)[O-])cc1. The molecule has 0 aliphatic heterocycles. The summed E-state index contributed by atoms with van der Waals surface area (Å²) in [6.07, 6.45) is 2.40. The molecule has 0 radical (unpaired) electrons. The van der Waals surface area contributed by atoms with Crippen molar-refractivity contribution in [1.82, 2.24) is 10.7 Å². The number of nitrogens with zero attached hydrogens (tertiary/aromatic N) is 2. The largest absolute Gasteiger partial charge is 0.382 e. The minimum absolute atomic E-state index is 0.0478. The van der Waals surface area contributed by atoms with Crippen molar-refractivity contribution < 1.29 is 9.66 Å². The number of nitro groups is 1. The number of hydrazone groups is 1. The molecule has 0 bridgehead atoms. The van der Waals surface area contributed by atoms with Crippen molar-refractivity contribution in [1.29, 1.82) is 0 Å². The number of hydrogen-bond acceptors (Lipinski definition) is 5. The normalized spacial score (nSPS) is 10.5. The number of hydrogen-bond donors (Lipinski definition) is 2. The minimum Gasteiger partial charge on any atom is -0.382 e. The van der Waals surface area contributed by atoms with Gasteiger partial charge in [-0.15, -0.1) is 0 Å². The standard InChI is InChI=1S/C13H18N4O3S/c1-2-20-9-3-8-14-13(21)16-15-10-11-4-6-12(7-5-11)17(18)19/h4-7,10H,2-3,8-9H2,1H3,(H2,14,16,21)/b15-10-. The molecular weight excluding hydrogens is 292 g/mol. The van der Waals surface area contributed by atoms with Gasteiger partial charge in [-0.2, -0.15) is 5.10 Å². The van der Waals surface area contributed by atoms with Gasteiger partial charge in [0, 0.05) is 31.9 Å². The summed E-state index contributed by atoms with van der Waals surface area (Å²) in [4.78, 5) is 10.1. The lowest BCUT2D eigenvalue weighted by molar-refractivity contribution is -0.384. The van der Waals surface area contributed by atoms with Crippen LogP contribution in [0.4, 0.5) is 5.69 Å². The van der Waals surface area contributed by atoms with Crippen molar-refractivity contribution in [2.24, 2.45) is 5.10 Å². The van der Waals surface area contributed by atoms with Crippen LogP contribution in [0.2, 0.25) is 0 Å². The lowest BCUT2D eigenvalue weighted by Gasteiger charge is -2.06. The van der Waals surface area contributed by atoms with Crippen LogP contribution < -0.4 is 10.7 Å². The minimum atomic E-state index is -0.444. The van der Waals surface area contributed by atoms with Crippen LogP contribution in [0.3, 0.4) is 0 Å². The van der Waals surface area contributed by atoms with Crippen molar-refractivity contribution in [3.8, 4) is 0 Å². The van der Waals surface area contributed by atoms with Crippen LogP contribution >= 0.6 is 12.2 Å². The van der Waals surface area contributed by atoms with E-state index in [1.54, 1.807) is 12.1 Å². The Bertz CT molecular complexity index is 491. The van der Waals surface area contributed by atoms with Crippen molar-refractivity contribution >= 4 is 29.2 Å². The lowest BCUT2D eigenvalue weighted by Crippen LogP contribution is -2.33. The Labute approximate surface area is 128 Å². The van der Waals surface area contributed by atoms with Crippen LogP contribution in [0.5, 0.6) is 0 Å². The molecule has 0 aromatic heterocycles. The van der Waals surface area contributed by atoms with Gasteiger partial charge < -0.3 is 10.1 Å². The Kier molecular flexibility index (Phi) is 7.92. The van der Waals surface area contributed by atoms with Gasteiger partial charge in [0.25, 0.3) is 5.69 Å². The first kappa shape index (κ1) is 17.0. The smallest absolute Gasteiger partial charge is 0.269 e. The molecule has 1 rings (SSSR count). The molecule has 0 amide bonds. The number of non-ortho nitro benzene ring substituents is 1. The van der Waals surface area contributed by atoms with Gasteiger partial charge in [-0.3, -0.25) is 15.5 Å². The summed E-state index contributed by atoms with van der Waals surface area (Å²) in [7, 11) is 0. The summed E-state index contributed by atoms with van der Waals surface area (Å²) in [5, 5.41) is 17.9. The molecule has 0 aliphatic carbocycles. The fraction of sp³-hybridized carbons (Fsp3) is 0.385. The van der Waals surface area contributed by atoms with Gasteiger partial charge >= 0.3 is 0 Å². The van der Waals surface area contributed by atoms with E-state index in [2.05, 4.69) is 15.8 Å². The summed E-state index contributed by atoms with van der Waals surface area (Å²) in [5.41, 5.74) is 3.47. The zero-order valence-electron chi connectivity index (χ0n) is 11.7. The van der Waals surface area contributed by atoms with E-state index in [1.807, 2.05) is 6.92 Å². The van der Waals surface area contributed by atoms with Crippen LogP contribution in [-0.2, 0) is 4.74 Å². The number of rotatable bonds is 8. The summed E-state index contributed by atoms with van der Waals surface area (Å²) >= 11 is 5.04. The Balaban J connectivity index is 2.27. The molecule has 0 atom stereocenters. The molecule has 0 heterocycles.